The third kappa shape index (κ3) is 5.24. The molecule has 3 aliphatic rings. The SMILES string of the molecule is CC(COc1ccccc1[C@H]1CC[C@@H](OCC2NCCC23COCC(=O)N3)CC1)C(=O)O. The number of carboxylic acid groups (broad SMARTS) is 1. The highest BCUT2D eigenvalue weighted by Gasteiger charge is 2.46. The molecule has 176 valence electrons. The van der Waals surface area contributed by atoms with Crippen LogP contribution in [0.2, 0.25) is 0 Å². The van der Waals surface area contributed by atoms with Gasteiger partial charge in [0.2, 0.25) is 5.91 Å². The van der Waals surface area contributed by atoms with Crippen LogP contribution in [0.4, 0.5) is 0 Å². The summed E-state index contributed by atoms with van der Waals surface area (Å²) in [5.74, 6) is -0.274. The van der Waals surface area contributed by atoms with Crippen LogP contribution in [-0.4, -0.2) is 67.6 Å². The number of morpholine rings is 1. The summed E-state index contributed by atoms with van der Waals surface area (Å²) in [6, 6.07) is 8.02. The van der Waals surface area contributed by atoms with Crippen molar-refractivity contribution in [1.29, 1.82) is 0 Å². The molecule has 1 amide bonds. The topological polar surface area (TPSA) is 106 Å². The first-order valence-electron chi connectivity index (χ1n) is 11.6. The standard InChI is InChI=1S/C24H34N2O6/c1-16(23(28)29)12-32-20-5-3-2-4-19(20)17-6-8-18(9-7-17)31-13-21-24(10-11-25-21)15-30-14-22(27)26-24/h2-5,16-18,21,25H,6-15H2,1H3,(H,26,27)(H,28,29)/t16?,17-,18+,21?,24?. The number of carbonyl (C=O) groups excluding carboxylic acids is 1. The predicted octanol–water partition coefficient (Wildman–Crippen LogP) is 2.08. The Kier molecular flexibility index (Phi) is 7.33. The fourth-order valence-electron chi connectivity index (χ4n) is 5.06. The van der Waals surface area contributed by atoms with Crippen molar-refractivity contribution < 1.29 is 28.9 Å². The molecule has 3 atom stereocenters. The number of ether oxygens (including phenoxy) is 3. The molecular formula is C24H34N2O6. The third-order valence-corrected chi connectivity index (χ3v) is 7.05. The van der Waals surface area contributed by atoms with Crippen molar-refractivity contribution in [2.45, 2.75) is 62.6 Å². The predicted molar refractivity (Wildman–Crippen MR) is 118 cm³/mol. The molecule has 0 aromatic heterocycles. The Balaban J connectivity index is 1.28. The highest BCUT2D eigenvalue weighted by Crippen LogP contribution is 2.38. The van der Waals surface area contributed by atoms with Crippen molar-refractivity contribution in [2.24, 2.45) is 5.92 Å². The molecule has 2 saturated heterocycles. The Hall–Kier alpha value is -2.16. The highest BCUT2D eigenvalue weighted by molar-refractivity contribution is 5.79. The van der Waals surface area contributed by atoms with Gasteiger partial charge in [-0.1, -0.05) is 18.2 Å². The largest absolute Gasteiger partial charge is 0.492 e. The average Bonchev–Trinajstić information content (AvgIpc) is 3.17. The highest BCUT2D eigenvalue weighted by atomic mass is 16.5. The number of hydrogen-bond donors (Lipinski definition) is 3. The molecule has 4 rings (SSSR count). The number of aliphatic carboxylic acids is 1. The second-order valence-electron chi connectivity index (χ2n) is 9.35. The van der Waals surface area contributed by atoms with Crippen LogP contribution >= 0.6 is 0 Å². The Morgan fingerprint density at radius 3 is 2.81 bits per heavy atom. The van der Waals surface area contributed by atoms with Gasteiger partial charge in [-0.3, -0.25) is 9.59 Å². The van der Waals surface area contributed by atoms with E-state index in [0.717, 1.165) is 50.0 Å². The number of rotatable bonds is 8. The van der Waals surface area contributed by atoms with Crippen molar-refractivity contribution in [1.82, 2.24) is 10.6 Å². The summed E-state index contributed by atoms with van der Waals surface area (Å²) < 4.78 is 17.7. The molecule has 2 heterocycles. The number of para-hydroxylation sites is 1. The van der Waals surface area contributed by atoms with Gasteiger partial charge in [0.15, 0.2) is 0 Å². The van der Waals surface area contributed by atoms with E-state index < -0.39 is 11.9 Å². The number of carbonyl (C=O) groups is 2. The van der Waals surface area contributed by atoms with Crippen molar-refractivity contribution in [3.63, 3.8) is 0 Å². The maximum Gasteiger partial charge on any atom is 0.309 e. The van der Waals surface area contributed by atoms with Gasteiger partial charge in [0.25, 0.3) is 0 Å². The summed E-state index contributed by atoms with van der Waals surface area (Å²) in [6.07, 6.45) is 4.99. The van der Waals surface area contributed by atoms with Crippen LogP contribution in [0.25, 0.3) is 0 Å². The van der Waals surface area contributed by atoms with E-state index in [-0.39, 0.29) is 36.8 Å². The lowest BCUT2D eigenvalue weighted by molar-refractivity contribution is -0.142. The van der Waals surface area contributed by atoms with Crippen molar-refractivity contribution in [3.05, 3.63) is 29.8 Å². The molecule has 0 radical (unpaired) electrons. The first kappa shape index (κ1) is 23.0. The molecule has 1 aliphatic carbocycles. The summed E-state index contributed by atoms with van der Waals surface area (Å²) >= 11 is 0. The van der Waals surface area contributed by atoms with E-state index in [9.17, 15) is 9.59 Å². The van der Waals surface area contributed by atoms with Crippen LogP contribution in [0.5, 0.6) is 5.75 Å². The Morgan fingerprint density at radius 1 is 1.28 bits per heavy atom. The molecule has 0 bridgehead atoms. The molecule has 1 saturated carbocycles. The minimum atomic E-state index is -0.849. The average molecular weight is 447 g/mol. The smallest absolute Gasteiger partial charge is 0.309 e. The van der Waals surface area contributed by atoms with Crippen molar-refractivity contribution >= 4 is 11.9 Å². The summed E-state index contributed by atoms with van der Waals surface area (Å²) in [5, 5.41) is 15.7. The van der Waals surface area contributed by atoms with Crippen LogP contribution in [0.3, 0.4) is 0 Å². The molecule has 3 fully saturated rings. The Bertz CT molecular complexity index is 809. The van der Waals surface area contributed by atoms with E-state index in [2.05, 4.69) is 16.7 Å². The summed E-state index contributed by atoms with van der Waals surface area (Å²) in [6.45, 7) is 3.90. The van der Waals surface area contributed by atoms with Gasteiger partial charge in [0.1, 0.15) is 19.0 Å². The normalized spacial score (nSPS) is 31.3. The zero-order valence-corrected chi connectivity index (χ0v) is 18.7. The molecule has 1 aromatic carbocycles. The second kappa shape index (κ2) is 10.2. The van der Waals surface area contributed by atoms with Gasteiger partial charge >= 0.3 is 5.97 Å². The van der Waals surface area contributed by atoms with Crippen molar-refractivity contribution in [3.8, 4) is 5.75 Å². The molecule has 2 aliphatic heterocycles. The second-order valence-corrected chi connectivity index (χ2v) is 9.35. The quantitative estimate of drug-likeness (QED) is 0.561. The fourth-order valence-corrected chi connectivity index (χ4v) is 5.06. The first-order valence-corrected chi connectivity index (χ1v) is 11.6. The first-order chi connectivity index (χ1) is 15.5. The maximum absolute atomic E-state index is 11.8. The van der Waals surface area contributed by atoms with Crippen LogP contribution < -0.4 is 15.4 Å². The Labute approximate surface area is 189 Å². The van der Waals surface area contributed by atoms with E-state index in [1.807, 2.05) is 18.2 Å². The van der Waals surface area contributed by atoms with Gasteiger partial charge in [-0.2, -0.15) is 0 Å². The summed E-state index contributed by atoms with van der Waals surface area (Å²) in [4.78, 5) is 22.9. The molecule has 8 nitrogen and oxygen atoms in total. The van der Waals surface area contributed by atoms with Gasteiger partial charge in [0, 0.05) is 0 Å². The van der Waals surface area contributed by atoms with Crippen LogP contribution in [0, 0.1) is 5.92 Å². The molecule has 3 N–H and O–H groups in total. The van der Waals surface area contributed by atoms with E-state index in [4.69, 9.17) is 19.3 Å². The van der Waals surface area contributed by atoms with E-state index >= 15 is 0 Å². The minimum Gasteiger partial charge on any atom is -0.492 e. The van der Waals surface area contributed by atoms with E-state index in [1.165, 1.54) is 0 Å². The fraction of sp³-hybridized carbons (Fsp3) is 0.667. The zero-order chi connectivity index (χ0) is 22.6. The van der Waals surface area contributed by atoms with E-state index in [1.54, 1.807) is 6.92 Å². The van der Waals surface area contributed by atoms with Gasteiger partial charge in [-0.25, -0.2) is 0 Å². The molecule has 3 unspecified atom stereocenters. The van der Waals surface area contributed by atoms with Gasteiger partial charge < -0.3 is 30.0 Å². The maximum atomic E-state index is 11.8. The Morgan fingerprint density at radius 2 is 2.06 bits per heavy atom. The minimum absolute atomic E-state index is 0.0518. The van der Waals surface area contributed by atoms with Gasteiger partial charge in [-0.05, 0) is 63.1 Å². The molecule has 8 heteroatoms. The molecule has 1 spiro atoms. The number of carboxylic acids is 1. The number of amides is 1. The zero-order valence-electron chi connectivity index (χ0n) is 18.7. The van der Waals surface area contributed by atoms with Gasteiger partial charge in [-0.15, -0.1) is 0 Å². The molecular weight excluding hydrogens is 412 g/mol. The third-order valence-electron chi connectivity index (χ3n) is 7.05. The van der Waals surface area contributed by atoms with Gasteiger partial charge in [0.05, 0.1) is 36.8 Å². The van der Waals surface area contributed by atoms with Crippen LogP contribution in [-0.2, 0) is 19.1 Å². The monoisotopic (exact) mass is 446 g/mol. The van der Waals surface area contributed by atoms with Crippen LogP contribution in [0.1, 0.15) is 50.5 Å². The van der Waals surface area contributed by atoms with E-state index in [0.29, 0.717) is 19.1 Å². The number of nitrogens with one attached hydrogen (secondary N) is 2. The summed E-state index contributed by atoms with van der Waals surface area (Å²) in [5.41, 5.74) is 0.803. The lowest BCUT2D eigenvalue weighted by Crippen LogP contribution is -2.64. The van der Waals surface area contributed by atoms with Crippen molar-refractivity contribution in [2.75, 3.05) is 33.0 Å². The summed E-state index contributed by atoms with van der Waals surface area (Å²) in [7, 11) is 0. The molecule has 32 heavy (non-hydrogen) atoms. The number of hydrogen-bond acceptors (Lipinski definition) is 6. The van der Waals surface area contributed by atoms with Crippen LogP contribution in [0.15, 0.2) is 24.3 Å². The number of benzene rings is 1. The molecule has 1 aromatic rings. The lowest BCUT2D eigenvalue weighted by atomic mass is 9.82. The lowest BCUT2D eigenvalue weighted by Gasteiger charge is -2.39.